The monoisotopic (exact) mass is 355 g/mol. The zero-order valence-electron chi connectivity index (χ0n) is 15.4. The van der Waals surface area contributed by atoms with E-state index in [1.807, 2.05) is 35.2 Å². The molecule has 3 fully saturated rings. The van der Waals surface area contributed by atoms with Crippen LogP contribution in [-0.2, 0) is 16.1 Å². The topological polar surface area (TPSA) is 52.7 Å². The van der Waals surface area contributed by atoms with Crippen molar-refractivity contribution in [1.82, 2.24) is 15.1 Å². The highest BCUT2D eigenvalue weighted by Crippen LogP contribution is 2.37. The number of amides is 2. The predicted molar refractivity (Wildman–Crippen MR) is 100 cm³/mol. The van der Waals surface area contributed by atoms with Crippen LogP contribution in [0.15, 0.2) is 30.3 Å². The molecule has 3 aliphatic rings. The summed E-state index contributed by atoms with van der Waals surface area (Å²) in [4.78, 5) is 29.3. The molecule has 5 nitrogen and oxygen atoms in total. The van der Waals surface area contributed by atoms with Crippen molar-refractivity contribution in [3.63, 3.8) is 0 Å². The van der Waals surface area contributed by atoms with Gasteiger partial charge in [-0.05, 0) is 43.6 Å². The van der Waals surface area contributed by atoms with E-state index < -0.39 is 0 Å². The Morgan fingerprint density at radius 2 is 1.81 bits per heavy atom. The van der Waals surface area contributed by atoms with Crippen LogP contribution in [0.5, 0.6) is 0 Å². The molecule has 2 bridgehead atoms. The summed E-state index contributed by atoms with van der Waals surface area (Å²) in [5.74, 6) is 1.23. The number of nitrogens with one attached hydrogen (secondary N) is 1. The first-order valence-corrected chi connectivity index (χ1v) is 10.0. The fourth-order valence-electron chi connectivity index (χ4n) is 4.81. The second-order valence-electron chi connectivity index (χ2n) is 8.12. The Bertz CT molecular complexity index is 640. The van der Waals surface area contributed by atoms with Crippen molar-refractivity contribution in [1.29, 1.82) is 0 Å². The summed E-state index contributed by atoms with van der Waals surface area (Å²) >= 11 is 0. The van der Waals surface area contributed by atoms with Crippen LogP contribution in [0.3, 0.4) is 0 Å². The quantitative estimate of drug-likeness (QED) is 0.879. The van der Waals surface area contributed by atoms with E-state index in [9.17, 15) is 9.59 Å². The van der Waals surface area contributed by atoms with Gasteiger partial charge in [0.2, 0.25) is 11.8 Å². The Labute approximate surface area is 155 Å². The number of carbonyl (C=O) groups excluding carboxylic acids is 2. The maximum Gasteiger partial charge on any atom is 0.236 e. The van der Waals surface area contributed by atoms with E-state index in [0.29, 0.717) is 32.2 Å². The zero-order valence-corrected chi connectivity index (χ0v) is 15.4. The molecule has 1 aliphatic carbocycles. The lowest BCUT2D eigenvalue weighted by Gasteiger charge is -2.34. The van der Waals surface area contributed by atoms with E-state index in [-0.39, 0.29) is 17.7 Å². The van der Waals surface area contributed by atoms with Crippen LogP contribution in [0, 0.1) is 11.8 Å². The van der Waals surface area contributed by atoms with Crippen molar-refractivity contribution in [2.45, 2.75) is 44.7 Å². The zero-order chi connectivity index (χ0) is 17.9. The molecule has 1 aromatic rings. The SMILES string of the molecule is O=C(NCc1ccccc1)C1CCN(C(=O)CN2C[C@@H]3CC[C@H]2C3)CC1. The van der Waals surface area contributed by atoms with Gasteiger partial charge in [-0.3, -0.25) is 14.5 Å². The molecule has 4 rings (SSSR count). The second-order valence-corrected chi connectivity index (χ2v) is 8.12. The number of benzene rings is 1. The third kappa shape index (κ3) is 3.93. The van der Waals surface area contributed by atoms with Gasteiger partial charge >= 0.3 is 0 Å². The number of rotatable bonds is 5. The van der Waals surface area contributed by atoms with Crippen molar-refractivity contribution in [2.24, 2.45) is 11.8 Å². The summed E-state index contributed by atoms with van der Waals surface area (Å²) in [5, 5.41) is 3.04. The van der Waals surface area contributed by atoms with Gasteiger partial charge in [0.15, 0.2) is 0 Å². The van der Waals surface area contributed by atoms with Crippen LogP contribution in [0.25, 0.3) is 0 Å². The molecule has 5 heteroatoms. The normalized spacial score (nSPS) is 26.2. The van der Waals surface area contributed by atoms with Gasteiger partial charge in [0.25, 0.3) is 0 Å². The molecular weight excluding hydrogens is 326 g/mol. The molecule has 0 spiro atoms. The lowest BCUT2D eigenvalue weighted by atomic mass is 9.95. The van der Waals surface area contributed by atoms with Gasteiger partial charge in [0.1, 0.15) is 0 Å². The predicted octanol–water partition coefficient (Wildman–Crippen LogP) is 2.03. The van der Waals surface area contributed by atoms with Crippen LogP contribution in [0.4, 0.5) is 0 Å². The second kappa shape index (κ2) is 7.78. The Kier molecular flexibility index (Phi) is 5.25. The lowest BCUT2D eigenvalue weighted by molar-refractivity contribution is -0.136. The molecule has 140 valence electrons. The average molecular weight is 355 g/mol. The Balaban J connectivity index is 1.20. The number of hydrogen-bond acceptors (Lipinski definition) is 3. The molecule has 2 saturated heterocycles. The fourth-order valence-corrected chi connectivity index (χ4v) is 4.81. The Morgan fingerprint density at radius 3 is 2.46 bits per heavy atom. The molecule has 2 amide bonds. The number of hydrogen-bond donors (Lipinski definition) is 1. The standard InChI is InChI=1S/C21H29N3O2/c25-20(15-24-14-17-6-7-19(24)12-17)23-10-8-18(9-11-23)21(26)22-13-16-4-2-1-3-5-16/h1-5,17-19H,6-15H2,(H,22,26)/t17-,19+/m1/s1. The van der Waals surface area contributed by atoms with Gasteiger partial charge in [-0.2, -0.15) is 0 Å². The summed E-state index contributed by atoms with van der Waals surface area (Å²) in [6.45, 7) is 3.69. The molecule has 1 aromatic carbocycles. The number of fused-ring (bicyclic) bond motifs is 2. The summed E-state index contributed by atoms with van der Waals surface area (Å²) in [5.41, 5.74) is 1.12. The van der Waals surface area contributed by atoms with Crippen molar-refractivity contribution in [3.8, 4) is 0 Å². The molecule has 0 aromatic heterocycles. The molecule has 2 atom stereocenters. The van der Waals surface area contributed by atoms with Crippen molar-refractivity contribution in [3.05, 3.63) is 35.9 Å². The molecule has 2 aliphatic heterocycles. The first kappa shape index (κ1) is 17.5. The Hall–Kier alpha value is -1.88. The number of carbonyl (C=O) groups is 2. The smallest absolute Gasteiger partial charge is 0.236 e. The van der Waals surface area contributed by atoms with Crippen LogP contribution in [-0.4, -0.2) is 53.8 Å². The minimum atomic E-state index is 0.0329. The van der Waals surface area contributed by atoms with E-state index in [1.165, 1.54) is 19.3 Å². The number of likely N-dealkylation sites (tertiary alicyclic amines) is 2. The summed E-state index contributed by atoms with van der Waals surface area (Å²) in [7, 11) is 0. The van der Waals surface area contributed by atoms with Crippen LogP contribution in [0.1, 0.15) is 37.7 Å². The van der Waals surface area contributed by atoms with E-state index >= 15 is 0 Å². The highest BCUT2D eigenvalue weighted by Gasteiger charge is 2.39. The van der Waals surface area contributed by atoms with Crippen LogP contribution >= 0.6 is 0 Å². The first-order valence-electron chi connectivity index (χ1n) is 10.0. The van der Waals surface area contributed by atoms with Gasteiger partial charge in [-0.25, -0.2) is 0 Å². The fraction of sp³-hybridized carbons (Fsp3) is 0.619. The van der Waals surface area contributed by atoms with Crippen molar-refractivity contribution >= 4 is 11.8 Å². The maximum atomic E-state index is 12.6. The van der Waals surface area contributed by atoms with Crippen LogP contribution in [0.2, 0.25) is 0 Å². The highest BCUT2D eigenvalue weighted by molar-refractivity contribution is 5.80. The summed E-state index contributed by atoms with van der Waals surface area (Å²) < 4.78 is 0. The Morgan fingerprint density at radius 1 is 1.04 bits per heavy atom. The minimum Gasteiger partial charge on any atom is -0.352 e. The average Bonchev–Trinajstić information content (AvgIpc) is 3.30. The molecule has 0 unspecified atom stereocenters. The molecule has 1 N–H and O–H groups in total. The van der Waals surface area contributed by atoms with E-state index in [0.717, 1.165) is 30.9 Å². The van der Waals surface area contributed by atoms with E-state index in [4.69, 9.17) is 0 Å². The van der Waals surface area contributed by atoms with Crippen LogP contribution < -0.4 is 5.32 Å². The van der Waals surface area contributed by atoms with E-state index in [1.54, 1.807) is 0 Å². The largest absolute Gasteiger partial charge is 0.352 e. The maximum absolute atomic E-state index is 12.6. The molecule has 1 saturated carbocycles. The molecular formula is C21H29N3O2. The number of piperidine rings is 2. The molecule has 2 heterocycles. The van der Waals surface area contributed by atoms with Gasteiger partial charge in [0.05, 0.1) is 6.54 Å². The third-order valence-electron chi connectivity index (χ3n) is 6.39. The minimum absolute atomic E-state index is 0.0329. The van der Waals surface area contributed by atoms with Gasteiger partial charge in [-0.15, -0.1) is 0 Å². The highest BCUT2D eigenvalue weighted by atomic mass is 16.2. The van der Waals surface area contributed by atoms with Gasteiger partial charge < -0.3 is 10.2 Å². The molecule has 0 radical (unpaired) electrons. The first-order chi connectivity index (χ1) is 12.7. The summed E-state index contributed by atoms with van der Waals surface area (Å²) in [6, 6.07) is 10.6. The molecule has 26 heavy (non-hydrogen) atoms. The number of nitrogens with zero attached hydrogens (tertiary/aromatic N) is 2. The van der Waals surface area contributed by atoms with E-state index in [2.05, 4.69) is 10.2 Å². The van der Waals surface area contributed by atoms with Crippen molar-refractivity contribution in [2.75, 3.05) is 26.2 Å². The van der Waals surface area contributed by atoms with Gasteiger partial charge in [-0.1, -0.05) is 30.3 Å². The van der Waals surface area contributed by atoms with Gasteiger partial charge in [0, 0.05) is 38.1 Å². The van der Waals surface area contributed by atoms with Crippen molar-refractivity contribution < 1.29 is 9.59 Å². The lowest BCUT2D eigenvalue weighted by Crippen LogP contribution is -2.47. The third-order valence-corrected chi connectivity index (χ3v) is 6.39. The summed E-state index contributed by atoms with van der Waals surface area (Å²) in [6.07, 6.45) is 5.45.